The van der Waals surface area contributed by atoms with Gasteiger partial charge < -0.3 is 15.8 Å². The molecule has 6 heteroatoms. The highest BCUT2D eigenvalue weighted by Gasteiger charge is 2.32. The molecule has 2 unspecified atom stereocenters. The number of hydrogen-bond acceptors (Lipinski definition) is 4. The minimum atomic E-state index is -0.488. The van der Waals surface area contributed by atoms with E-state index in [9.17, 15) is 9.59 Å². The van der Waals surface area contributed by atoms with E-state index >= 15 is 0 Å². The topological polar surface area (TPSA) is 84.7 Å². The van der Waals surface area contributed by atoms with Crippen molar-refractivity contribution in [2.45, 2.75) is 39.7 Å². The molecule has 1 aliphatic heterocycles. The Morgan fingerprint density at radius 2 is 1.77 bits per heavy atom. The van der Waals surface area contributed by atoms with E-state index < -0.39 is 5.91 Å². The Morgan fingerprint density at radius 3 is 2.31 bits per heavy atom. The lowest BCUT2D eigenvalue weighted by Crippen LogP contribution is -2.56. The average Bonchev–Trinajstić information content (AvgIpc) is 2.57. The quantitative estimate of drug-likeness (QED) is 0.778. The van der Waals surface area contributed by atoms with E-state index in [1.807, 2.05) is 0 Å². The summed E-state index contributed by atoms with van der Waals surface area (Å²) in [4.78, 5) is 25.6. The Labute approximate surface area is 156 Å². The third-order valence-electron chi connectivity index (χ3n) is 4.95. The number of primary amides is 1. The maximum Gasteiger partial charge on any atom is 0.258 e. The summed E-state index contributed by atoms with van der Waals surface area (Å²) in [7, 11) is 0. The fourth-order valence-electron chi connectivity index (χ4n) is 3.50. The average molecular weight is 361 g/mol. The van der Waals surface area contributed by atoms with Crippen LogP contribution in [0.1, 0.15) is 44.5 Å². The zero-order chi connectivity index (χ0) is 19.3. The summed E-state index contributed by atoms with van der Waals surface area (Å²) in [6, 6.07) is 6.43. The molecule has 0 bridgehead atoms. The van der Waals surface area contributed by atoms with Gasteiger partial charge in [0.25, 0.3) is 5.91 Å². The predicted octanol–water partition coefficient (Wildman–Crippen LogP) is 2.04. The van der Waals surface area contributed by atoms with E-state index in [0.717, 1.165) is 13.1 Å². The number of nitrogens with two attached hydrogens (primary N) is 1. The van der Waals surface area contributed by atoms with E-state index in [-0.39, 0.29) is 18.1 Å². The molecule has 0 saturated carbocycles. The fourth-order valence-corrected chi connectivity index (χ4v) is 3.50. The van der Waals surface area contributed by atoms with Crippen LogP contribution >= 0.6 is 0 Å². The molecule has 3 N–H and O–H groups in total. The van der Waals surface area contributed by atoms with Crippen molar-refractivity contribution >= 4 is 11.8 Å². The third-order valence-corrected chi connectivity index (χ3v) is 4.95. The van der Waals surface area contributed by atoms with Crippen LogP contribution in [0.3, 0.4) is 0 Å². The molecule has 2 amide bonds. The van der Waals surface area contributed by atoms with E-state index in [1.54, 1.807) is 24.3 Å². The number of hydrogen-bond donors (Lipinski definition) is 2. The Hall–Kier alpha value is -2.08. The van der Waals surface area contributed by atoms with Gasteiger partial charge in [-0.2, -0.15) is 0 Å². The standard InChI is InChI=1S/C20H31N3O3/c1-14-9-15(2)11-23(10-14)20(3,4)13-22-18(24)12-26-17-7-5-16(6-8-17)19(21)25/h5-8,14-15H,9-13H2,1-4H3,(H2,21,25)(H,22,24). The lowest BCUT2D eigenvalue weighted by Gasteiger charge is -2.45. The minimum Gasteiger partial charge on any atom is -0.484 e. The van der Waals surface area contributed by atoms with Crippen LogP contribution in [0.2, 0.25) is 0 Å². The molecule has 0 aliphatic carbocycles. The molecule has 0 spiro atoms. The van der Waals surface area contributed by atoms with Crippen molar-refractivity contribution in [1.82, 2.24) is 10.2 Å². The van der Waals surface area contributed by atoms with Crippen molar-refractivity contribution in [2.24, 2.45) is 17.6 Å². The second-order valence-electron chi connectivity index (χ2n) is 8.12. The van der Waals surface area contributed by atoms with Gasteiger partial charge in [0, 0.05) is 30.7 Å². The van der Waals surface area contributed by atoms with E-state index in [2.05, 4.69) is 37.9 Å². The van der Waals surface area contributed by atoms with Crippen LogP contribution in [-0.4, -0.2) is 48.5 Å². The van der Waals surface area contributed by atoms with Gasteiger partial charge in [-0.15, -0.1) is 0 Å². The first-order valence-electron chi connectivity index (χ1n) is 9.22. The molecule has 0 radical (unpaired) electrons. The number of benzene rings is 1. The maximum atomic E-state index is 12.1. The van der Waals surface area contributed by atoms with Crippen LogP contribution in [0.15, 0.2) is 24.3 Å². The number of likely N-dealkylation sites (tertiary alicyclic amines) is 1. The van der Waals surface area contributed by atoms with Crippen molar-refractivity contribution < 1.29 is 14.3 Å². The first-order valence-corrected chi connectivity index (χ1v) is 9.22. The number of amides is 2. The van der Waals surface area contributed by atoms with Gasteiger partial charge in [0.15, 0.2) is 6.61 Å². The van der Waals surface area contributed by atoms with Crippen molar-refractivity contribution in [1.29, 1.82) is 0 Å². The molecule has 6 nitrogen and oxygen atoms in total. The van der Waals surface area contributed by atoms with Crippen LogP contribution in [-0.2, 0) is 4.79 Å². The molecule has 2 atom stereocenters. The Kier molecular flexibility index (Phi) is 6.64. The normalized spacial score (nSPS) is 21.2. The summed E-state index contributed by atoms with van der Waals surface area (Å²) >= 11 is 0. The molecule has 1 heterocycles. The van der Waals surface area contributed by atoms with Crippen LogP contribution in [0.25, 0.3) is 0 Å². The molecule has 1 saturated heterocycles. The zero-order valence-electron chi connectivity index (χ0n) is 16.2. The van der Waals surface area contributed by atoms with Crippen molar-refractivity contribution in [2.75, 3.05) is 26.2 Å². The van der Waals surface area contributed by atoms with Crippen molar-refractivity contribution in [3.8, 4) is 5.75 Å². The first kappa shape index (κ1) is 20.2. The molecule has 1 fully saturated rings. The molecular formula is C20H31N3O3. The zero-order valence-corrected chi connectivity index (χ0v) is 16.2. The number of piperidine rings is 1. The highest BCUT2D eigenvalue weighted by molar-refractivity contribution is 5.92. The first-order chi connectivity index (χ1) is 12.2. The lowest BCUT2D eigenvalue weighted by molar-refractivity contribution is -0.123. The molecule has 26 heavy (non-hydrogen) atoms. The van der Waals surface area contributed by atoms with E-state index in [4.69, 9.17) is 10.5 Å². The van der Waals surface area contributed by atoms with Gasteiger partial charge in [0.1, 0.15) is 5.75 Å². The fraction of sp³-hybridized carbons (Fsp3) is 0.600. The highest BCUT2D eigenvalue weighted by atomic mass is 16.5. The molecule has 1 aromatic rings. The second-order valence-corrected chi connectivity index (χ2v) is 8.12. The van der Waals surface area contributed by atoms with Gasteiger partial charge in [-0.3, -0.25) is 14.5 Å². The monoisotopic (exact) mass is 361 g/mol. The van der Waals surface area contributed by atoms with Gasteiger partial charge in [0.05, 0.1) is 0 Å². The minimum absolute atomic E-state index is 0.0567. The molecule has 0 aromatic heterocycles. The third kappa shape index (κ3) is 5.73. The van der Waals surface area contributed by atoms with Crippen molar-refractivity contribution in [3.05, 3.63) is 29.8 Å². The number of rotatable bonds is 7. The van der Waals surface area contributed by atoms with Crippen LogP contribution < -0.4 is 15.8 Å². The van der Waals surface area contributed by atoms with E-state index in [0.29, 0.717) is 29.7 Å². The Bertz CT molecular complexity index is 618. The molecule has 2 rings (SSSR count). The summed E-state index contributed by atoms with van der Waals surface area (Å²) in [6.07, 6.45) is 1.27. The summed E-state index contributed by atoms with van der Waals surface area (Å²) in [5, 5.41) is 2.97. The van der Waals surface area contributed by atoms with Crippen molar-refractivity contribution in [3.63, 3.8) is 0 Å². The largest absolute Gasteiger partial charge is 0.484 e. The smallest absolute Gasteiger partial charge is 0.258 e. The van der Waals surface area contributed by atoms with Crippen LogP contribution in [0.4, 0.5) is 0 Å². The van der Waals surface area contributed by atoms with Gasteiger partial charge in [0.2, 0.25) is 5.91 Å². The maximum absolute atomic E-state index is 12.1. The van der Waals surface area contributed by atoms with Crippen LogP contribution in [0.5, 0.6) is 5.75 Å². The van der Waals surface area contributed by atoms with Gasteiger partial charge >= 0.3 is 0 Å². The Balaban J connectivity index is 1.79. The Morgan fingerprint density at radius 1 is 1.19 bits per heavy atom. The van der Waals surface area contributed by atoms with Gasteiger partial charge in [-0.05, 0) is 56.4 Å². The lowest BCUT2D eigenvalue weighted by atomic mass is 9.88. The molecular weight excluding hydrogens is 330 g/mol. The molecule has 144 valence electrons. The highest BCUT2D eigenvalue weighted by Crippen LogP contribution is 2.26. The molecule has 1 aliphatic rings. The number of carbonyl (C=O) groups is 2. The summed E-state index contributed by atoms with van der Waals surface area (Å²) in [5.74, 6) is 1.25. The number of carbonyl (C=O) groups excluding carboxylic acids is 2. The van der Waals surface area contributed by atoms with E-state index in [1.165, 1.54) is 6.42 Å². The van der Waals surface area contributed by atoms with Crippen LogP contribution in [0, 0.1) is 11.8 Å². The van der Waals surface area contributed by atoms with Gasteiger partial charge in [-0.25, -0.2) is 0 Å². The number of ether oxygens (including phenoxy) is 1. The molecule has 1 aromatic carbocycles. The summed E-state index contributed by atoms with van der Waals surface area (Å²) in [5.41, 5.74) is 5.51. The second kappa shape index (κ2) is 8.54. The number of nitrogens with one attached hydrogen (secondary N) is 1. The summed E-state index contributed by atoms with van der Waals surface area (Å²) in [6.45, 7) is 11.6. The SMILES string of the molecule is CC1CC(C)CN(C(C)(C)CNC(=O)COc2ccc(C(N)=O)cc2)C1. The number of nitrogens with zero attached hydrogens (tertiary/aromatic N) is 1. The summed E-state index contributed by atoms with van der Waals surface area (Å²) < 4.78 is 5.47. The predicted molar refractivity (Wildman–Crippen MR) is 102 cm³/mol. The van der Waals surface area contributed by atoms with Gasteiger partial charge in [-0.1, -0.05) is 13.8 Å².